The van der Waals surface area contributed by atoms with Crippen molar-refractivity contribution < 1.29 is 4.79 Å². The van der Waals surface area contributed by atoms with Crippen LogP contribution in [0.15, 0.2) is 48.7 Å². The summed E-state index contributed by atoms with van der Waals surface area (Å²) in [7, 11) is 0. The first-order valence-electron chi connectivity index (χ1n) is 8.79. The first-order chi connectivity index (χ1) is 12.6. The molecular weight excluding hydrogens is 324 g/mol. The Labute approximate surface area is 153 Å². The molecule has 2 aliphatic rings. The molecule has 0 radical (unpaired) electrons. The number of carbonyl (C=O) groups is 1. The van der Waals surface area contributed by atoms with Crippen LogP contribution in [0.1, 0.15) is 23.1 Å². The van der Waals surface area contributed by atoms with Crippen molar-refractivity contribution in [2.45, 2.75) is 25.3 Å². The Morgan fingerprint density at radius 2 is 2.04 bits per heavy atom. The van der Waals surface area contributed by atoms with Gasteiger partial charge in [0.2, 0.25) is 0 Å². The SMILES string of the molecule is Cc1ccc2c(c1)CC1(CCN(c3ccc(/C(C=N)=C/N)cc3)C1=O)N2. The topological polar surface area (TPSA) is 82.2 Å². The van der Waals surface area contributed by atoms with Gasteiger partial charge in [0.15, 0.2) is 0 Å². The fraction of sp³-hybridized carbons (Fsp3) is 0.238. The Hall–Kier alpha value is -3.08. The summed E-state index contributed by atoms with van der Waals surface area (Å²) in [6.07, 6.45) is 4.17. The summed E-state index contributed by atoms with van der Waals surface area (Å²) in [4.78, 5) is 15.1. The molecule has 4 rings (SSSR count). The largest absolute Gasteiger partial charge is 0.404 e. The summed E-state index contributed by atoms with van der Waals surface area (Å²) in [6, 6.07) is 14.0. The molecule has 1 saturated heterocycles. The molecule has 0 aromatic heterocycles. The fourth-order valence-corrected chi connectivity index (χ4v) is 3.98. The Morgan fingerprint density at radius 3 is 2.73 bits per heavy atom. The van der Waals surface area contributed by atoms with Crippen molar-refractivity contribution in [1.82, 2.24) is 0 Å². The van der Waals surface area contributed by atoms with Crippen molar-refractivity contribution in [2.75, 3.05) is 16.8 Å². The molecule has 4 N–H and O–H groups in total. The Kier molecular flexibility index (Phi) is 3.80. The lowest BCUT2D eigenvalue weighted by Gasteiger charge is -2.24. The number of anilines is 2. The monoisotopic (exact) mass is 346 g/mol. The van der Waals surface area contributed by atoms with Crippen molar-refractivity contribution in [1.29, 1.82) is 5.41 Å². The van der Waals surface area contributed by atoms with E-state index in [9.17, 15) is 4.79 Å². The first kappa shape index (κ1) is 16.4. The van der Waals surface area contributed by atoms with E-state index in [1.165, 1.54) is 23.5 Å². The number of rotatable bonds is 3. The zero-order valence-corrected chi connectivity index (χ0v) is 14.8. The predicted octanol–water partition coefficient (Wildman–Crippen LogP) is 3.09. The number of nitrogens with two attached hydrogens (primary N) is 1. The molecule has 2 heterocycles. The molecule has 2 aromatic carbocycles. The number of amides is 1. The molecule has 1 atom stereocenters. The van der Waals surface area contributed by atoms with E-state index in [2.05, 4.69) is 30.4 Å². The average molecular weight is 346 g/mol. The van der Waals surface area contributed by atoms with E-state index in [4.69, 9.17) is 11.1 Å². The molecule has 1 spiro atoms. The zero-order valence-electron chi connectivity index (χ0n) is 14.8. The highest BCUT2D eigenvalue weighted by Gasteiger charge is 2.50. The highest BCUT2D eigenvalue weighted by atomic mass is 16.2. The molecule has 0 bridgehead atoms. The van der Waals surface area contributed by atoms with Crippen LogP contribution < -0.4 is 16.0 Å². The van der Waals surface area contributed by atoms with Crippen LogP contribution in [0, 0.1) is 12.3 Å². The van der Waals surface area contributed by atoms with Crippen LogP contribution in [0.4, 0.5) is 11.4 Å². The normalized spacial score (nSPS) is 21.8. The smallest absolute Gasteiger partial charge is 0.253 e. The minimum Gasteiger partial charge on any atom is -0.404 e. The van der Waals surface area contributed by atoms with Gasteiger partial charge in [0.1, 0.15) is 5.54 Å². The van der Waals surface area contributed by atoms with Crippen molar-refractivity contribution in [3.63, 3.8) is 0 Å². The third-order valence-corrected chi connectivity index (χ3v) is 5.39. The van der Waals surface area contributed by atoms with E-state index in [1.54, 1.807) is 0 Å². The minimum absolute atomic E-state index is 0.126. The van der Waals surface area contributed by atoms with E-state index in [-0.39, 0.29) is 5.91 Å². The van der Waals surface area contributed by atoms with E-state index in [0.29, 0.717) is 12.1 Å². The second-order valence-electron chi connectivity index (χ2n) is 7.06. The number of hydrogen-bond donors (Lipinski definition) is 3. The quantitative estimate of drug-likeness (QED) is 0.747. The summed E-state index contributed by atoms with van der Waals surface area (Å²) in [5.41, 5.74) is 10.9. The molecule has 26 heavy (non-hydrogen) atoms. The predicted molar refractivity (Wildman–Crippen MR) is 106 cm³/mol. The molecule has 1 fully saturated rings. The van der Waals surface area contributed by atoms with Crippen LogP contribution in [-0.2, 0) is 11.2 Å². The van der Waals surface area contributed by atoms with Crippen LogP contribution in [0.25, 0.3) is 5.57 Å². The van der Waals surface area contributed by atoms with Crippen molar-refractivity contribution in [3.05, 3.63) is 65.4 Å². The number of aryl methyl sites for hydroxylation is 1. The summed E-state index contributed by atoms with van der Waals surface area (Å²) in [5.74, 6) is 0.126. The van der Waals surface area contributed by atoms with Gasteiger partial charge in [0, 0.05) is 42.3 Å². The van der Waals surface area contributed by atoms with Crippen LogP contribution in [-0.4, -0.2) is 24.2 Å². The van der Waals surface area contributed by atoms with Gasteiger partial charge in [-0.15, -0.1) is 0 Å². The van der Waals surface area contributed by atoms with Gasteiger partial charge < -0.3 is 21.4 Å². The maximum absolute atomic E-state index is 13.2. The summed E-state index contributed by atoms with van der Waals surface area (Å²) < 4.78 is 0. The molecule has 0 aliphatic carbocycles. The number of fused-ring (bicyclic) bond motifs is 1. The lowest BCUT2D eigenvalue weighted by atomic mass is 9.93. The molecule has 1 unspecified atom stereocenters. The fourth-order valence-electron chi connectivity index (χ4n) is 3.98. The zero-order chi connectivity index (χ0) is 18.3. The van der Waals surface area contributed by atoms with Gasteiger partial charge in [-0.3, -0.25) is 4.79 Å². The van der Waals surface area contributed by atoms with Crippen LogP contribution in [0.5, 0.6) is 0 Å². The molecule has 0 saturated carbocycles. The van der Waals surface area contributed by atoms with Gasteiger partial charge in [-0.05, 0) is 42.7 Å². The first-order valence-corrected chi connectivity index (χ1v) is 8.79. The van der Waals surface area contributed by atoms with Gasteiger partial charge in [-0.2, -0.15) is 0 Å². The summed E-state index contributed by atoms with van der Waals surface area (Å²) in [6.45, 7) is 2.77. The number of nitrogens with one attached hydrogen (secondary N) is 2. The van der Waals surface area contributed by atoms with E-state index in [0.717, 1.165) is 29.8 Å². The maximum Gasteiger partial charge on any atom is 0.253 e. The maximum atomic E-state index is 13.2. The lowest BCUT2D eigenvalue weighted by molar-refractivity contribution is -0.120. The van der Waals surface area contributed by atoms with E-state index in [1.807, 2.05) is 29.2 Å². The van der Waals surface area contributed by atoms with Crippen LogP contribution in [0.2, 0.25) is 0 Å². The summed E-state index contributed by atoms with van der Waals surface area (Å²) >= 11 is 0. The number of benzene rings is 2. The molecular formula is C21H22N4O. The van der Waals surface area contributed by atoms with Crippen LogP contribution >= 0.6 is 0 Å². The Morgan fingerprint density at radius 1 is 1.27 bits per heavy atom. The highest BCUT2D eigenvalue weighted by molar-refractivity contribution is 6.09. The highest BCUT2D eigenvalue weighted by Crippen LogP contribution is 2.40. The standard InChI is InChI=1S/C21H22N4O/c1-14-2-7-19-16(10-14)11-21(24-19)8-9-25(20(21)26)18-5-3-15(4-6-18)17(12-22)13-23/h2-7,10,12-13,22,24H,8-9,11,23H2,1H3/b17-13+,22-12?. The number of nitrogens with zero attached hydrogens (tertiary/aromatic N) is 1. The van der Waals surface area contributed by atoms with Crippen molar-refractivity contribution in [3.8, 4) is 0 Å². The molecule has 5 nitrogen and oxygen atoms in total. The molecule has 1 amide bonds. The van der Waals surface area contributed by atoms with Gasteiger partial charge in [0.25, 0.3) is 5.91 Å². The van der Waals surface area contributed by atoms with E-state index >= 15 is 0 Å². The summed E-state index contributed by atoms with van der Waals surface area (Å²) in [5, 5.41) is 10.9. The van der Waals surface area contributed by atoms with Gasteiger partial charge >= 0.3 is 0 Å². The molecule has 2 aromatic rings. The third-order valence-electron chi connectivity index (χ3n) is 5.39. The molecule has 132 valence electrons. The Bertz CT molecular complexity index is 916. The molecule has 2 aliphatic heterocycles. The average Bonchev–Trinajstić information content (AvgIpc) is 3.17. The lowest BCUT2D eigenvalue weighted by Crippen LogP contribution is -2.45. The van der Waals surface area contributed by atoms with Gasteiger partial charge in [-0.25, -0.2) is 0 Å². The van der Waals surface area contributed by atoms with Crippen LogP contribution in [0.3, 0.4) is 0 Å². The second-order valence-corrected chi connectivity index (χ2v) is 7.06. The number of allylic oxidation sites excluding steroid dienone is 1. The van der Waals surface area contributed by atoms with Gasteiger partial charge in [-0.1, -0.05) is 29.8 Å². The molecule has 5 heteroatoms. The van der Waals surface area contributed by atoms with Crippen molar-refractivity contribution >= 4 is 29.1 Å². The minimum atomic E-state index is -0.522. The third kappa shape index (κ3) is 2.47. The van der Waals surface area contributed by atoms with Gasteiger partial charge in [0.05, 0.1) is 0 Å². The number of hydrogen-bond acceptors (Lipinski definition) is 4. The second kappa shape index (κ2) is 6.02. The van der Waals surface area contributed by atoms with E-state index < -0.39 is 5.54 Å². The van der Waals surface area contributed by atoms with Crippen molar-refractivity contribution in [2.24, 2.45) is 5.73 Å². The number of carbonyl (C=O) groups excluding carboxylic acids is 1. The Balaban J connectivity index is 1.58.